The number of methoxy groups -OCH3 is 1. The van der Waals surface area contributed by atoms with E-state index in [0.29, 0.717) is 4.57 Å². The van der Waals surface area contributed by atoms with Gasteiger partial charge >= 0.3 is 12.4 Å². The van der Waals surface area contributed by atoms with Gasteiger partial charge in [0.2, 0.25) is 5.95 Å². The van der Waals surface area contributed by atoms with Crippen molar-refractivity contribution in [3.05, 3.63) is 52.4 Å². The summed E-state index contributed by atoms with van der Waals surface area (Å²) in [6, 6.07) is 4.98. The van der Waals surface area contributed by atoms with Crippen LogP contribution in [0.2, 0.25) is 0 Å². The lowest BCUT2D eigenvalue weighted by atomic mass is 10.2. The number of alkyl halides is 6. The third kappa shape index (κ3) is 4.76. The van der Waals surface area contributed by atoms with E-state index in [0.717, 1.165) is 24.4 Å². The topological polar surface area (TPSA) is 69.0 Å². The van der Waals surface area contributed by atoms with E-state index in [4.69, 9.17) is 4.74 Å². The Morgan fingerprint density at radius 3 is 2.45 bits per heavy atom. The molecule has 1 N–H and O–H groups in total. The third-order valence-electron chi connectivity index (χ3n) is 3.79. The summed E-state index contributed by atoms with van der Waals surface area (Å²) >= 11 is 0. The Bertz CT molecular complexity index is 1110. The molecule has 0 fully saturated rings. The molecule has 0 atom stereocenters. The minimum absolute atomic E-state index is 0.0999. The lowest BCUT2D eigenvalue weighted by Crippen LogP contribution is -2.28. The van der Waals surface area contributed by atoms with Crippen molar-refractivity contribution < 1.29 is 31.1 Å². The Labute approximate surface area is 158 Å². The molecule has 0 radical (unpaired) electrons. The predicted molar refractivity (Wildman–Crippen MR) is 91.1 cm³/mol. The first-order valence-electron chi connectivity index (χ1n) is 7.93. The summed E-state index contributed by atoms with van der Waals surface area (Å²) in [5.41, 5.74) is -2.35. The highest BCUT2D eigenvalue weighted by Gasteiger charge is 2.32. The largest absolute Gasteiger partial charge is 0.497 e. The zero-order chi connectivity index (χ0) is 21.4. The van der Waals surface area contributed by atoms with Crippen LogP contribution in [0.25, 0.3) is 11.0 Å². The number of ether oxygens (including phenoxy) is 1. The number of hydrogen-bond acceptors (Lipinski definition) is 5. The van der Waals surface area contributed by atoms with Crippen molar-refractivity contribution in [1.29, 1.82) is 0 Å². The normalized spacial score (nSPS) is 12.2. The van der Waals surface area contributed by atoms with Crippen molar-refractivity contribution in [3.8, 4) is 5.75 Å². The minimum Gasteiger partial charge on any atom is -0.497 e. The van der Waals surface area contributed by atoms with Crippen LogP contribution in [0.4, 0.5) is 38.0 Å². The molecule has 0 saturated heterocycles. The molecule has 0 amide bonds. The smallest absolute Gasteiger partial charge is 0.416 e. The number of fused-ring (bicyclic) bond motifs is 1. The van der Waals surface area contributed by atoms with Crippen LogP contribution in [0.15, 0.2) is 41.3 Å². The second-order valence-electron chi connectivity index (χ2n) is 5.92. The van der Waals surface area contributed by atoms with Crippen molar-refractivity contribution in [2.75, 3.05) is 12.4 Å². The molecule has 0 aliphatic carbocycles. The molecule has 0 unspecified atom stereocenters. The Hall–Kier alpha value is -3.31. The van der Waals surface area contributed by atoms with E-state index in [1.54, 1.807) is 0 Å². The van der Waals surface area contributed by atoms with Crippen molar-refractivity contribution >= 4 is 22.7 Å². The van der Waals surface area contributed by atoms with Gasteiger partial charge < -0.3 is 10.1 Å². The Kier molecular flexibility index (Phi) is 5.11. The summed E-state index contributed by atoms with van der Waals surface area (Å²) in [6.45, 7) is -1.57. The molecule has 0 aliphatic heterocycles. The number of hydrogen-bond donors (Lipinski definition) is 1. The van der Waals surface area contributed by atoms with Gasteiger partial charge in [-0.3, -0.25) is 9.36 Å². The van der Waals surface area contributed by atoms with Gasteiger partial charge in [-0.05, 0) is 18.2 Å². The van der Waals surface area contributed by atoms with Gasteiger partial charge in [0.25, 0.3) is 5.56 Å². The number of anilines is 2. The summed E-state index contributed by atoms with van der Waals surface area (Å²) in [6.07, 6.45) is -8.17. The molecule has 154 valence electrons. The first kappa shape index (κ1) is 20.4. The molecule has 29 heavy (non-hydrogen) atoms. The number of benzene rings is 1. The average molecular weight is 418 g/mol. The maximum Gasteiger partial charge on any atom is 0.416 e. The molecule has 3 rings (SSSR count). The summed E-state index contributed by atoms with van der Waals surface area (Å²) in [5, 5.41) is 2.65. The number of pyridine rings is 1. The summed E-state index contributed by atoms with van der Waals surface area (Å²) in [7, 11) is 1.18. The van der Waals surface area contributed by atoms with Gasteiger partial charge in [-0.2, -0.15) is 31.3 Å². The van der Waals surface area contributed by atoms with Crippen molar-refractivity contribution in [2.45, 2.75) is 18.9 Å². The molecule has 0 spiro atoms. The number of nitrogens with one attached hydrogen (secondary N) is 1. The Balaban J connectivity index is 2.06. The van der Waals surface area contributed by atoms with Gasteiger partial charge in [-0.15, -0.1) is 0 Å². The molecule has 1 aromatic carbocycles. The third-order valence-corrected chi connectivity index (χ3v) is 3.79. The first-order valence-corrected chi connectivity index (χ1v) is 7.93. The summed E-state index contributed by atoms with van der Waals surface area (Å²) < 4.78 is 82.7. The molecule has 0 bridgehead atoms. The van der Waals surface area contributed by atoms with Crippen LogP contribution in [-0.2, 0) is 12.7 Å². The first-order chi connectivity index (χ1) is 13.5. The number of aromatic nitrogens is 3. The van der Waals surface area contributed by atoms with Crippen LogP contribution in [0, 0.1) is 0 Å². The van der Waals surface area contributed by atoms with Crippen LogP contribution in [0.3, 0.4) is 0 Å². The number of rotatable bonds is 4. The Morgan fingerprint density at radius 1 is 1.10 bits per heavy atom. The predicted octanol–water partition coefficient (Wildman–Crippen LogP) is 4.12. The van der Waals surface area contributed by atoms with Crippen molar-refractivity contribution in [1.82, 2.24) is 14.5 Å². The molecule has 6 nitrogen and oxygen atoms in total. The van der Waals surface area contributed by atoms with E-state index in [1.807, 2.05) is 0 Å². The van der Waals surface area contributed by atoms with Gasteiger partial charge in [0, 0.05) is 29.4 Å². The molecular weight excluding hydrogens is 406 g/mol. The molecule has 12 heteroatoms. The van der Waals surface area contributed by atoms with Crippen LogP contribution in [0.1, 0.15) is 5.56 Å². The highest BCUT2D eigenvalue weighted by atomic mass is 19.4. The summed E-state index contributed by atoms with van der Waals surface area (Å²) in [4.78, 5) is 19.6. The molecule has 0 saturated carbocycles. The van der Waals surface area contributed by atoms with Gasteiger partial charge in [0.15, 0.2) is 0 Å². The fourth-order valence-corrected chi connectivity index (χ4v) is 2.55. The molecule has 2 heterocycles. The van der Waals surface area contributed by atoms with Gasteiger partial charge in [0.1, 0.15) is 17.9 Å². The van der Waals surface area contributed by atoms with Crippen LogP contribution in [0.5, 0.6) is 5.75 Å². The quantitative estimate of drug-likeness (QED) is 0.646. The summed E-state index contributed by atoms with van der Waals surface area (Å²) in [5.74, 6) is -0.391. The average Bonchev–Trinajstić information content (AvgIpc) is 2.62. The second kappa shape index (κ2) is 7.26. The van der Waals surface area contributed by atoms with Gasteiger partial charge in [-0.25, -0.2) is 4.98 Å². The van der Waals surface area contributed by atoms with E-state index in [9.17, 15) is 31.1 Å². The molecule has 3 aromatic rings. The van der Waals surface area contributed by atoms with Crippen LogP contribution < -0.4 is 15.6 Å². The maximum absolute atomic E-state index is 13.0. The fourth-order valence-electron chi connectivity index (χ4n) is 2.55. The minimum atomic E-state index is -4.68. The maximum atomic E-state index is 13.0. The highest BCUT2D eigenvalue weighted by molar-refractivity contribution is 5.75. The van der Waals surface area contributed by atoms with E-state index in [2.05, 4.69) is 15.3 Å². The zero-order valence-electron chi connectivity index (χ0n) is 14.6. The van der Waals surface area contributed by atoms with E-state index < -0.39 is 30.0 Å². The van der Waals surface area contributed by atoms with E-state index >= 15 is 0 Å². The Morgan fingerprint density at radius 2 is 1.83 bits per heavy atom. The standard InChI is InChI=1S/C17H12F6N4O2/c1-29-12-5-10(17(21,22)23)4-11(6-12)25-15-24-7-9-2-3-13(28)27(14(9)26-15)8-16(18,19)20/h2-7H,8H2,1H3,(H,24,25,26). The van der Waals surface area contributed by atoms with Gasteiger partial charge in [0.05, 0.1) is 12.7 Å². The van der Waals surface area contributed by atoms with E-state index in [1.165, 1.54) is 19.2 Å². The van der Waals surface area contributed by atoms with Crippen molar-refractivity contribution in [3.63, 3.8) is 0 Å². The zero-order valence-corrected chi connectivity index (χ0v) is 14.6. The molecule has 0 aliphatic rings. The SMILES string of the molecule is COc1cc(Nc2ncc3ccc(=O)n(CC(F)(F)F)c3n2)cc(C(F)(F)F)c1. The monoisotopic (exact) mass is 418 g/mol. The molecular formula is C17H12F6N4O2. The van der Waals surface area contributed by atoms with Crippen LogP contribution in [-0.4, -0.2) is 27.8 Å². The van der Waals surface area contributed by atoms with E-state index in [-0.39, 0.29) is 28.4 Å². The van der Waals surface area contributed by atoms with Crippen LogP contribution >= 0.6 is 0 Å². The number of nitrogens with zero attached hydrogens (tertiary/aromatic N) is 3. The number of halogens is 6. The molecule has 2 aromatic heterocycles. The second-order valence-corrected chi connectivity index (χ2v) is 5.92. The lowest BCUT2D eigenvalue weighted by molar-refractivity contribution is -0.140. The fraction of sp³-hybridized carbons (Fsp3) is 0.235. The van der Waals surface area contributed by atoms with Gasteiger partial charge in [-0.1, -0.05) is 0 Å². The van der Waals surface area contributed by atoms with Crippen molar-refractivity contribution in [2.24, 2.45) is 0 Å². The highest BCUT2D eigenvalue weighted by Crippen LogP contribution is 2.34. The lowest BCUT2D eigenvalue weighted by Gasteiger charge is -2.14.